The molecule has 1 aliphatic heterocycles. The van der Waals surface area contributed by atoms with Crippen molar-refractivity contribution in [2.45, 2.75) is 6.42 Å². The average Bonchev–Trinajstić information content (AvgIpc) is 3.27. The number of ether oxygens (including phenoxy) is 3. The van der Waals surface area contributed by atoms with Gasteiger partial charge < -0.3 is 24.0 Å². The van der Waals surface area contributed by atoms with Crippen LogP contribution in [0, 0.1) is 0 Å². The molecule has 1 amide bonds. The molecule has 1 fully saturated rings. The highest BCUT2D eigenvalue weighted by Gasteiger charge is 2.25. The Morgan fingerprint density at radius 2 is 1.68 bits per heavy atom. The van der Waals surface area contributed by atoms with Gasteiger partial charge in [-0.25, -0.2) is 4.98 Å². The quantitative estimate of drug-likeness (QED) is 0.515. The number of amides is 1. The summed E-state index contributed by atoms with van der Waals surface area (Å²) in [5.74, 6) is 0.708. The van der Waals surface area contributed by atoms with Crippen molar-refractivity contribution in [3.8, 4) is 17.2 Å². The van der Waals surface area contributed by atoms with E-state index in [1.807, 2.05) is 5.38 Å². The summed E-state index contributed by atoms with van der Waals surface area (Å²) in [6.45, 7) is 2.55. The van der Waals surface area contributed by atoms with Gasteiger partial charge in [-0.3, -0.25) is 9.59 Å². The number of carbonyl (C=O) groups excluding carboxylic acids is 2. The number of anilines is 1. The number of methoxy groups -OCH3 is 3. The fourth-order valence-corrected chi connectivity index (χ4v) is 3.81. The van der Waals surface area contributed by atoms with Crippen LogP contribution in [0.25, 0.3) is 0 Å². The van der Waals surface area contributed by atoms with Gasteiger partial charge in [0.2, 0.25) is 11.7 Å². The van der Waals surface area contributed by atoms with Crippen molar-refractivity contribution in [3.63, 3.8) is 0 Å². The van der Waals surface area contributed by atoms with Gasteiger partial charge in [-0.05, 0) is 12.1 Å². The molecule has 1 saturated heterocycles. The van der Waals surface area contributed by atoms with E-state index in [4.69, 9.17) is 14.2 Å². The normalized spacial score (nSPS) is 14.0. The minimum Gasteiger partial charge on any atom is -0.493 e. The molecular weight excluding hydrogens is 382 g/mol. The third kappa shape index (κ3) is 4.19. The molecule has 0 saturated carbocycles. The van der Waals surface area contributed by atoms with Crippen LogP contribution in [0.15, 0.2) is 23.7 Å². The Hall–Kier alpha value is -2.81. The molecule has 0 unspecified atom stereocenters. The fraction of sp³-hybridized carbons (Fsp3) is 0.421. The van der Waals surface area contributed by atoms with Crippen molar-refractivity contribution in [3.05, 3.63) is 29.3 Å². The van der Waals surface area contributed by atoms with E-state index >= 15 is 0 Å². The van der Waals surface area contributed by atoms with Gasteiger partial charge in [-0.1, -0.05) is 0 Å². The number of aromatic nitrogens is 1. The number of thiazole rings is 1. The molecule has 3 rings (SSSR count). The zero-order chi connectivity index (χ0) is 20.1. The maximum Gasteiger partial charge on any atom is 0.230 e. The van der Waals surface area contributed by atoms with Gasteiger partial charge in [0, 0.05) is 43.3 Å². The van der Waals surface area contributed by atoms with Gasteiger partial charge in [0.05, 0.1) is 27.8 Å². The highest BCUT2D eigenvalue weighted by atomic mass is 32.1. The summed E-state index contributed by atoms with van der Waals surface area (Å²) in [6, 6.07) is 3.13. The highest BCUT2D eigenvalue weighted by Crippen LogP contribution is 2.38. The van der Waals surface area contributed by atoms with E-state index in [1.54, 1.807) is 34.6 Å². The first-order chi connectivity index (χ1) is 13.6. The van der Waals surface area contributed by atoms with Crippen LogP contribution >= 0.6 is 11.3 Å². The summed E-state index contributed by atoms with van der Waals surface area (Å²) in [6.07, 6.45) is 1.57. The molecule has 1 aromatic heterocycles. The van der Waals surface area contributed by atoms with Crippen molar-refractivity contribution in [1.29, 1.82) is 0 Å². The maximum absolute atomic E-state index is 12.7. The van der Waals surface area contributed by atoms with Crippen LogP contribution in [0.4, 0.5) is 5.13 Å². The van der Waals surface area contributed by atoms with E-state index < -0.39 is 0 Å². The summed E-state index contributed by atoms with van der Waals surface area (Å²) in [5.41, 5.74) is 0.351. The molecule has 8 nitrogen and oxygen atoms in total. The number of ketones is 1. The first-order valence-corrected chi connectivity index (χ1v) is 9.70. The van der Waals surface area contributed by atoms with Crippen LogP contribution in [0.5, 0.6) is 17.2 Å². The van der Waals surface area contributed by atoms with Crippen molar-refractivity contribution in [2.24, 2.45) is 0 Å². The van der Waals surface area contributed by atoms with Crippen molar-refractivity contribution in [2.75, 3.05) is 52.4 Å². The molecule has 0 bridgehead atoms. The fourth-order valence-electron chi connectivity index (χ4n) is 3.11. The molecule has 0 aliphatic carbocycles. The molecule has 1 aliphatic rings. The van der Waals surface area contributed by atoms with E-state index in [9.17, 15) is 9.59 Å². The Morgan fingerprint density at radius 1 is 1.04 bits per heavy atom. The van der Waals surface area contributed by atoms with Gasteiger partial charge in [0.1, 0.15) is 0 Å². The van der Waals surface area contributed by atoms with Gasteiger partial charge in [0.15, 0.2) is 22.4 Å². The lowest BCUT2D eigenvalue weighted by Crippen LogP contribution is -2.49. The number of hydrogen-bond acceptors (Lipinski definition) is 8. The van der Waals surface area contributed by atoms with Gasteiger partial charge >= 0.3 is 0 Å². The number of hydrogen-bond donors (Lipinski definition) is 0. The Kier molecular flexibility index (Phi) is 6.35. The van der Waals surface area contributed by atoms with E-state index in [2.05, 4.69) is 9.88 Å². The van der Waals surface area contributed by atoms with E-state index in [0.29, 0.717) is 49.0 Å². The molecule has 150 valence electrons. The number of carbonyl (C=O) groups is 2. The first kappa shape index (κ1) is 19.9. The molecule has 0 atom stereocenters. The third-order valence-corrected chi connectivity index (χ3v) is 5.45. The van der Waals surface area contributed by atoms with Crippen molar-refractivity contribution < 1.29 is 23.8 Å². The number of benzene rings is 1. The molecular formula is C19H23N3O5S. The SMILES string of the molecule is COc1cc(C(=O)CC(=O)N2CCN(c3nccs3)CC2)cc(OC)c1OC. The second kappa shape index (κ2) is 8.92. The Morgan fingerprint density at radius 3 is 2.18 bits per heavy atom. The van der Waals surface area contributed by atoms with Crippen LogP contribution < -0.4 is 19.1 Å². The molecule has 1 aromatic carbocycles. The number of rotatable bonds is 7. The molecule has 2 aromatic rings. The monoisotopic (exact) mass is 405 g/mol. The van der Waals surface area contributed by atoms with Gasteiger partial charge in [-0.15, -0.1) is 11.3 Å². The predicted octanol–water partition coefficient (Wildman–Crippen LogP) is 2.09. The van der Waals surface area contributed by atoms with Crippen LogP contribution in [0.1, 0.15) is 16.8 Å². The number of Topliss-reactive ketones (excluding diaryl/α,β-unsaturated/α-hetero) is 1. The lowest BCUT2D eigenvalue weighted by Gasteiger charge is -2.34. The highest BCUT2D eigenvalue weighted by molar-refractivity contribution is 7.13. The van der Waals surface area contributed by atoms with E-state index in [1.165, 1.54) is 21.3 Å². The number of nitrogens with zero attached hydrogens (tertiary/aromatic N) is 3. The Bertz CT molecular complexity index is 807. The minimum absolute atomic E-state index is 0.183. The Labute approximate surface area is 167 Å². The smallest absolute Gasteiger partial charge is 0.230 e. The lowest BCUT2D eigenvalue weighted by molar-refractivity contribution is -0.130. The second-order valence-electron chi connectivity index (χ2n) is 6.20. The van der Waals surface area contributed by atoms with Gasteiger partial charge in [-0.2, -0.15) is 0 Å². The largest absolute Gasteiger partial charge is 0.493 e. The summed E-state index contributed by atoms with van der Waals surface area (Å²) in [7, 11) is 4.47. The summed E-state index contributed by atoms with van der Waals surface area (Å²) < 4.78 is 15.8. The number of piperazine rings is 1. The molecule has 2 heterocycles. The molecule has 0 radical (unpaired) electrons. The minimum atomic E-state index is -0.286. The van der Waals surface area contributed by atoms with Crippen LogP contribution in [-0.2, 0) is 4.79 Å². The zero-order valence-electron chi connectivity index (χ0n) is 16.1. The molecule has 28 heavy (non-hydrogen) atoms. The van der Waals surface area contributed by atoms with Crippen LogP contribution in [0.2, 0.25) is 0 Å². The lowest BCUT2D eigenvalue weighted by atomic mass is 10.1. The standard InChI is InChI=1S/C19H23N3O5S/c1-25-15-10-13(11-16(26-2)18(15)27-3)14(23)12-17(24)21-5-7-22(8-6-21)19-20-4-9-28-19/h4,9-11H,5-8,12H2,1-3H3. The topological polar surface area (TPSA) is 81.2 Å². The van der Waals surface area contributed by atoms with E-state index in [0.717, 1.165) is 5.13 Å². The first-order valence-electron chi connectivity index (χ1n) is 8.82. The Balaban J connectivity index is 1.64. The maximum atomic E-state index is 12.7. The third-order valence-electron chi connectivity index (χ3n) is 4.62. The average molecular weight is 405 g/mol. The van der Waals surface area contributed by atoms with Gasteiger partial charge in [0.25, 0.3) is 0 Å². The predicted molar refractivity (Wildman–Crippen MR) is 106 cm³/mol. The second-order valence-corrected chi connectivity index (χ2v) is 7.07. The summed E-state index contributed by atoms with van der Waals surface area (Å²) in [5, 5.41) is 2.89. The van der Waals surface area contributed by atoms with E-state index in [-0.39, 0.29) is 18.1 Å². The summed E-state index contributed by atoms with van der Waals surface area (Å²) >= 11 is 1.58. The summed E-state index contributed by atoms with van der Waals surface area (Å²) in [4.78, 5) is 33.4. The van der Waals surface area contributed by atoms with Crippen molar-refractivity contribution in [1.82, 2.24) is 9.88 Å². The van der Waals surface area contributed by atoms with Crippen molar-refractivity contribution >= 4 is 28.2 Å². The van der Waals surface area contributed by atoms with Crippen LogP contribution in [0.3, 0.4) is 0 Å². The molecule has 0 N–H and O–H groups in total. The molecule has 0 spiro atoms. The zero-order valence-corrected chi connectivity index (χ0v) is 17.0. The van der Waals surface area contributed by atoms with Crippen LogP contribution in [-0.4, -0.2) is 69.1 Å². The molecule has 9 heteroatoms.